The summed E-state index contributed by atoms with van der Waals surface area (Å²) in [5.74, 6) is -2.08. The van der Waals surface area contributed by atoms with Crippen LogP contribution in [0.3, 0.4) is 0 Å². The van der Waals surface area contributed by atoms with Crippen molar-refractivity contribution in [2.45, 2.75) is 10.1 Å². The molecule has 1 atom stereocenters. The van der Waals surface area contributed by atoms with Crippen molar-refractivity contribution in [2.24, 2.45) is 0 Å². The van der Waals surface area contributed by atoms with Crippen LogP contribution in [0.2, 0.25) is 5.02 Å². The number of halogens is 3. The number of carbonyl (C=O) groups is 3. The van der Waals surface area contributed by atoms with Crippen LogP contribution in [0.5, 0.6) is 0 Å². The molecule has 0 radical (unpaired) electrons. The third kappa shape index (κ3) is 8.51. The monoisotopic (exact) mass is 713 g/mol. The molecule has 10 heteroatoms. The Morgan fingerprint density at radius 2 is 1.41 bits per heavy atom. The van der Waals surface area contributed by atoms with Gasteiger partial charge in [-0.1, -0.05) is 78.3 Å². The van der Waals surface area contributed by atoms with E-state index < -0.39 is 22.9 Å². The number of thioether (sulfide) groups is 1. The first-order valence-electron chi connectivity index (χ1n) is 14.0. The maximum atomic E-state index is 14.6. The summed E-state index contributed by atoms with van der Waals surface area (Å²) in [7, 11) is 0. The van der Waals surface area contributed by atoms with Gasteiger partial charge in [0, 0.05) is 26.2 Å². The Morgan fingerprint density at radius 1 is 0.761 bits per heavy atom. The lowest BCUT2D eigenvalue weighted by Crippen LogP contribution is -2.30. The van der Waals surface area contributed by atoms with E-state index in [9.17, 15) is 18.8 Å². The van der Waals surface area contributed by atoms with Crippen LogP contribution >= 0.6 is 39.3 Å². The zero-order valence-electron chi connectivity index (χ0n) is 24.0. The zero-order chi connectivity index (χ0) is 32.5. The van der Waals surface area contributed by atoms with Gasteiger partial charge < -0.3 is 16.0 Å². The largest absolute Gasteiger partial charge is 0.324 e. The van der Waals surface area contributed by atoms with E-state index >= 15 is 0 Å². The fourth-order valence-electron chi connectivity index (χ4n) is 4.35. The molecule has 0 aliphatic rings. The maximum absolute atomic E-state index is 14.6. The number of amides is 3. The minimum absolute atomic E-state index is 0.0396. The Hall–Kier alpha value is -4.70. The number of hydrogen-bond donors (Lipinski definition) is 3. The van der Waals surface area contributed by atoms with Crippen LogP contribution in [0.1, 0.15) is 26.7 Å². The molecule has 5 aromatic rings. The van der Waals surface area contributed by atoms with Gasteiger partial charge in [0.1, 0.15) is 16.8 Å². The second-order valence-corrected chi connectivity index (χ2v) is 12.3. The number of nitrogens with one attached hydrogen (secondary N) is 3. The summed E-state index contributed by atoms with van der Waals surface area (Å²) in [6.07, 6.45) is 1.20. The molecule has 0 saturated heterocycles. The smallest absolute Gasteiger partial charge is 0.272 e. The van der Waals surface area contributed by atoms with Crippen molar-refractivity contribution < 1.29 is 18.8 Å². The SMILES string of the molecule is O=C(Nc1ccc(SC(C(=O)Nc2ccccc2Br)c2ccccc2)cc1)/C(=C/c1c(F)cccc1Cl)NC(=O)c1ccccc1. The van der Waals surface area contributed by atoms with Gasteiger partial charge in [-0.05, 0) is 88.2 Å². The van der Waals surface area contributed by atoms with E-state index in [0.29, 0.717) is 16.9 Å². The average Bonchev–Trinajstić information content (AvgIpc) is 3.07. The first kappa shape index (κ1) is 32.7. The Bertz CT molecular complexity index is 1870. The highest BCUT2D eigenvalue weighted by Gasteiger charge is 2.23. The standard InChI is InChI=1S/C36H26BrClFN3O3S/c37-28-14-7-8-17-31(28)41-36(45)33(23-10-3-1-4-11-23)46-26-20-18-25(19-21-26)40-35(44)32(22-27-29(38)15-9-16-30(27)39)42-34(43)24-12-5-2-6-13-24/h1-22,33H,(H,40,44)(H,41,45)(H,42,43)/b32-22-. The molecular weight excluding hydrogens is 689 g/mol. The van der Waals surface area contributed by atoms with Gasteiger partial charge in [-0.15, -0.1) is 11.8 Å². The second kappa shape index (κ2) is 15.5. The Labute approximate surface area is 283 Å². The summed E-state index contributed by atoms with van der Waals surface area (Å²) < 4.78 is 15.4. The predicted octanol–water partition coefficient (Wildman–Crippen LogP) is 9.12. The van der Waals surface area contributed by atoms with Crippen molar-refractivity contribution in [3.8, 4) is 0 Å². The Balaban J connectivity index is 1.35. The number of anilines is 2. The number of carbonyl (C=O) groups excluding carboxylic acids is 3. The molecular formula is C36H26BrClFN3O3S. The molecule has 5 rings (SSSR count). The van der Waals surface area contributed by atoms with Crippen LogP contribution in [0, 0.1) is 5.82 Å². The van der Waals surface area contributed by atoms with Crippen LogP contribution in [0.15, 0.2) is 142 Å². The summed E-state index contributed by atoms with van der Waals surface area (Å²) in [6, 6.07) is 36.2. The molecule has 5 aromatic carbocycles. The van der Waals surface area contributed by atoms with Gasteiger partial charge in [0.15, 0.2) is 0 Å². The number of hydrogen-bond acceptors (Lipinski definition) is 4. The highest BCUT2D eigenvalue weighted by molar-refractivity contribution is 9.10. The third-order valence-electron chi connectivity index (χ3n) is 6.66. The average molecular weight is 715 g/mol. The minimum Gasteiger partial charge on any atom is -0.324 e. The first-order chi connectivity index (χ1) is 22.3. The molecule has 1 unspecified atom stereocenters. The van der Waals surface area contributed by atoms with Gasteiger partial charge in [0.25, 0.3) is 11.8 Å². The van der Waals surface area contributed by atoms with Crippen molar-refractivity contribution in [1.82, 2.24) is 5.32 Å². The highest BCUT2D eigenvalue weighted by Crippen LogP contribution is 2.37. The van der Waals surface area contributed by atoms with Crippen LogP contribution in [0.25, 0.3) is 6.08 Å². The molecule has 0 bridgehead atoms. The van der Waals surface area contributed by atoms with Gasteiger partial charge in [-0.2, -0.15) is 0 Å². The molecule has 0 heterocycles. The van der Waals surface area contributed by atoms with E-state index in [-0.39, 0.29) is 22.2 Å². The van der Waals surface area contributed by atoms with Gasteiger partial charge >= 0.3 is 0 Å². The molecule has 6 nitrogen and oxygen atoms in total. The van der Waals surface area contributed by atoms with Crippen molar-refractivity contribution in [2.75, 3.05) is 10.6 Å². The van der Waals surface area contributed by atoms with E-state index in [4.69, 9.17) is 11.6 Å². The molecule has 0 spiro atoms. The van der Waals surface area contributed by atoms with E-state index in [2.05, 4.69) is 31.9 Å². The topological polar surface area (TPSA) is 87.3 Å². The fourth-order valence-corrected chi connectivity index (χ4v) is 5.97. The first-order valence-corrected chi connectivity index (χ1v) is 16.0. The number of para-hydroxylation sites is 1. The van der Waals surface area contributed by atoms with Crippen LogP contribution in [0.4, 0.5) is 15.8 Å². The molecule has 0 fully saturated rings. The fraction of sp³-hybridized carbons (Fsp3) is 0.0278. The third-order valence-corrected chi connectivity index (χ3v) is 8.94. The predicted molar refractivity (Wildman–Crippen MR) is 186 cm³/mol. The molecule has 230 valence electrons. The summed E-state index contributed by atoms with van der Waals surface area (Å²) in [5, 5.41) is 7.84. The number of rotatable bonds is 10. The van der Waals surface area contributed by atoms with Crippen LogP contribution in [-0.2, 0) is 9.59 Å². The maximum Gasteiger partial charge on any atom is 0.272 e. The van der Waals surface area contributed by atoms with Crippen molar-refractivity contribution >= 4 is 74.5 Å². The lowest BCUT2D eigenvalue weighted by molar-refractivity contribution is -0.116. The molecule has 3 amide bonds. The number of benzene rings is 5. The van der Waals surface area contributed by atoms with Crippen molar-refractivity contribution in [1.29, 1.82) is 0 Å². The van der Waals surface area contributed by atoms with E-state index in [1.54, 1.807) is 54.6 Å². The summed E-state index contributed by atoms with van der Waals surface area (Å²) >= 11 is 11.0. The normalized spacial score (nSPS) is 11.8. The van der Waals surface area contributed by atoms with E-state index in [1.807, 2.05) is 54.6 Å². The lowest BCUT2D eigenvalue weighted by atomic mass is 10.1. The molecule has 0 aliphatic carbocycles. The summed E-state index contributed by atoms with van der Waals surface area (Å²) in [4.78, 5) is 40.6. The zero-order valence-corrected chi connectivity index (χ0v) is 27.2. The van der Waals surface area contributed by atoms with Crippen molar-refractivity contribution in [3.63, 3.8) is 0 Å². The molecule has 0 aromatic heterocycles. The van der Waals surface area contributed by atoms with Gasteiger partial charge in [0.2, 0.25) is 5.91 Å². The van der Waals surface area contributed by atoms with Crippen LogP contribution < -0.4 is 16.0 Å². The highest BCUT2D eigenvalue weighted by atomic mass is 79.9. The van der Waals surface area contributed by atoms with Gasteiger partial charge in [-0.3, -0.25) is 14.4 Å². The minimum atomic E-state index is -0.681. The summed E-state index contributed by atoms with van der Waals surface area (Å²) in [5.41, 5.74) is 1.98. The Kier molecular flexibility index (Phi) is 11.0. The molecule has 46 heavy (non-hydrogen) atoms. The Morgan fingerprint density at radius 3 is 2.09 bits per heavy atom. The van der Waals surface area contributed by atoms with E-state index in [0.717, 1.165) is 14.9 Å². The van der Waals surface area contributed by atoms with Gasteiger partial charge in [-0.25, -0.2) is 4.39 Å². The molecule has 0 saturated carbocycles. The van der Waals surface area contributed by atoms with Crippen molar-refractivity contribution in [3.05, 3.63) is 165 Å². The lowest BCUT2D eigenvalue weighted by Gasteiger charge is -2.18. The van der Waals surface area contributed by atoms with E-state index in [1.165, 1.54) is 36.0 Å². The molecule has 3 N–H and O–H groups in total. The van der Waals surface area contributed by atoms with Gasteiger partial charge in [0.05, 0.1) is 10.7 Å². The van der Waals surface area contributed by atoms with Crippen LogP contribution in [-0.4, -0.2) is 17.7 Å². The second-order valence-electron chi connectivity index (χ2n) is 9.87. The molecule has 0 aliphatic heterocycles. The summed E-state index contributed by atoms with van der Waals surface area (Å²) in [6.45, 7) is 0. The quantitative estimate of drug-likeness (QED) is 0.0995.